The van der Waals surface area contributed by atoms with Gasteiger partial charge in [-0.1, -0.05) is 12.1 Å². The van der Waals surface area contributed by atoms with E-state index in [-0.39, 0.29) is 11.7 Å². The quantitative estimate of drug-likeness (QED) is 0.641. The third-order valence-electron chi connectivity index (χ3n) is 3.63. The van der Waals surface area contributed by atoms with Gasteiger partial charge in [0, 0.05) is 15.8 Å². The summed E-state index contributed by atoms with van der Waals surface area (Å²) in [7, 11) is 1.60. The van der Waals surface area contributed by atoms with Crippen LogP contribution in [-0.4, -0.2) is 18.8 Å². The van der Waals surface area contributed by atoms with E-state index in [4.69, 9.17) is 4.74 Å². The third-order valence-corrected chi connectivity index (χ3v) is 5.39. The normalized spacial score (nSPS) is 10.4. The lowest BCUT2D eigenvalue weighted by atomic mass is 10.1. The van der Waals surface area contributed by atoms with Crippen LogP contribution in [0.15, 0.2) is 53.2 Å². The summed E-state index contributed by atoms with van der Waals surface area (Å²) in [5.74, 6) is 0.702. The summed E-state index contributed by atoms with van der Waals surface area (Å²) in [6.07, 6.45) is 0.295. The Morgan fingerprint density at radius 2 is 2.04 bits per heavy atom. The summed E-state index contributed by atoms with van der Waals surface area (Å²) in [4.78, 5) is 26.0. The van der Waals surface area contributed by atoms with E-state index >= 15 is 0 Å². The standard InChI is InChI=1S/C19H17NO3S2/c1-23-15-4-2-3-13(9-15)10-18(21)20-11-16-5-6-17(25-16)19(22)14-7-8-24-12-14/h2-9,12H,10-11H2,1H3,(H,20,21). The molecule has 0 unspecified atom stereocenters. The minimum atomic E-state index is -0.0626. The van der Waals surface area contributed by atoms with Gasteiger partial charge in [0.15, 0.2) is 0 Å². The fourth-order valence-electron chi connectivity index (χ4n) is 2.35. The van der Waals surface area contributed by atoms with Gasteiger partial charge >= 0.3 is 0 Å². The molecule has 0 fully saturated rings. The Morgan fingerprint density at radius 1 is 1.16 bits per heavy atom. The first-order valence-electron chi connectivity index (χ1n) is 7.71. The second-order valence-corrected chi connectivity index (χ2v) is 7.36. The molecule has 1 N–H and O–H groups in total. The number of amides is 1. The van der Waals surface area contributed by atoms with Gasteiger partial charge in [0.2, 0.25) is 11.7 Å². The van der Waals surface area contributed by atoms with Gasteiger partial charge in [0.1, 0.15) is 5.75 Å². The third kappa shape index (κ3) is 4.55. The average molecular weight is 371 g/mol. The number of carbonyl (C=O) groups excluding carboxylic acids is 2. The molecule has 0 bridgehead atoms. The van der Waals surface area contributed by atoms with Crippen molar-refractivity contribution < 1.29 is 14.3 Å². The molecule has 0 aliphatic heterocycles. The fourth-order valence-corrected chi connectivity index (χ4v) is 3.89. The zero-order valence-corrected chi connectivity index (χ0v) is 15.3. The second kappa shape index (κ2) is 8.09. The lowest BCUT2D eigenvalue weighted by Crippen LogP contribution is -2.24. The molecule has 0 atom stereocenters. The lowest BCUT2D eigenvalue weighted by molar-refractivity contribution is -0.120. The number of thiophene rings is 2. The predicted molar refractivity (Wildman–Crippen MR) is 101 cm³/mol. The maximum Gasteiger partial charge on any atom is 0.224 e. The van der Waals surface area contributed by atoms with Crippen LogP contribution < -0.4 is 10.1 Å². The minimum absolute atomic E-state index is 0.0280. The summed E-state index contributed by atoms with van der Waals surface area (Å²) < 4.78 is 5.16. The first-order chi connectivity index (χ1) is 12.2. The summed E-state index contributed by atoms with van der Waals surface area (Å²) in [5, 5.41) is 6.63. The molecule has 3 aromatic rings. The molecule has 1 aromatic carbocycles. The minimum Gasteiger partial charge on any atom is -0.497 e. The monoisotopic (exact) mass is 371 g/mol. The number of benzene rings is 1. The van der Waals surface area contributed by atoms with E-state index in [1.807, 2.05) is 53.2 Å². The van der Waals surface area contributed by atoms with E-state index in [1.54, 1.807) is 7.11 Å². The molecule has 1 amide bonds. The molecule has 0 aliphatic rings. The van der Waals surface area contributed by atoms with Crippen molar-refractivity contribution in [2.45, 2.75) is 13.0 Å². The highest BCUT2D eigenvalue weighted by molar-refractivity contribution is 7.14. The number of ketones is 1. The Hall–Kier alpha value is -2.44. The number of carbonyl (C=O) groups is 2. The van der Waals surface area contributed by atoms with Crippen LogP contribution in [-0.2, 0) is 17.8 Å². The Bertz CT molecular complexity index is 868. The largest absolute Gasteiger partial charge is 0.497 e. The molecule has 0 saturated carbocycles. The van der Waals surface area contributed by atoms with Crippen molar-refractivity contribution in [3.8, 4) is 5.75 Å². The molecule has 6 heteroatoms. The molecule has 2 aromatic heterocycles. The zero-order valence-electron chi connectivity index (χ0n) is 13.7. The number of hydrogen-bond acceptors (Lipinski definition) is 5. The molecule has 128 valence electrons. The Balaban J connectivity index is 1.55. The van der Waals surface area contributed by atoms with E-state index < -0.39 is 0 Å². The van der Waals surface area contributed by atoms with Crippen LogP contribution in [0, 0.1) is 0 Å². The molecule has 3 rings (SSSR count). The maximum absolute atomic E-state index is 12.3. The van der Waals surface area contributed by atoms with Crippen molar-refractivity contribution in [1.82, 2.24) is 5.32 Å². The van der Waals surface area contributed by atoms with Crippen molar-refractivity contribution in [3.63, 3.8) is 0 Å². The lowest BCUT2D eigenvalue weighted by Gasteiger charge is -2.05. The van der Waals surface area contributed by atoms with Gasteiger partial charge in [-0.15, -0.1) is 11.3 Å². The highest BCUT2D eigenvalue weighted by Gasteiger charge is 2.12. The number of methoxy groups -OCH3 is 1. The Morgan fingerprint density at radius 3 is 2.80 bits per heavy atom. The first-order valence-corrected chi connectivity index (χ1v) is 9.47. The number of nitrogens with one attached hydrogen (secondary N) is 1. The van der Waals surface area contributed by atoms with Crippen LogP contribution in [0.4, 0.5) is 0 Å². The number of rotatable bonds is 7. The van der Waals surface area contributed by atoms with Gasteiger partial charge in [-0.25, -0.2) is 0 Å². The van der Waals surface area contributed by atoms with Gasteiger partial charge in [0.25, 0.3) is 0 Å². The van der Waals surface area contributed by atoms with Crippen LogP contribution in [0.25, 0.3) is 0 Å². The summed E-state index contributed by atoms with van der Waals surface area (Å²) in [6.45, 7) is 0.421. The summed E-state index contributed by atoms with van der Waals surface area (Å²) >= 11 is 2.92. The fraction of sp³-hybridized carbons (Fsp3) is 0.158. The molecule has 0 saturated heterocycles. The van der Waals surface area contributed by atoms with Crippen molar-refractivity contribution in [3.05, 3.63) is 74.1 Å². The molecule has 0 spiro atoms. The van der Waals surface area contributed by atoms with Gasteiger partial charge in [-0.3, -0.25) is 9.59 Å². The first kappa shape index (κ1) is 17.4. The Labute approximate surface area is 154 Å². The Kier molecular flexibility index (Phi) is 5.63. The molecule has 4 nitrogen and oxygen atoms in total. The molecular weight excluding hydrogens is 354 g/mol. The van der Waals surface area contributed by atoms with Crippen molar-refractivity contribution >= 4 is 34.4 Å². The van der Waals surface area contributed by atoms with Gasteiger partial charge in [-0.05, 0) is 41.3 Å². The van der Waals surface area contributed by atoms with Crippen molar-refractivity contribution in [2.75, 3.05) is 7.11 Å². The smallest absolute Gasteiger partial charge is 0.224 e. The van der Waals surface area contributed by atoms with E-state index in [1.165, 1.54) is 22.7 Å². The topological polar surface area (TPSA) is 55.4 Å². The summed E-state index contributed by atoms with van der Waals surface area (Å²) in [5.41, 5.74) is 1.61. The van der Waals surface area contributed by atoms with Gasteiger partial charge in [-0.2, -0.15) is 11.3 Å². The maximum atomic E-state index is 12.3. The number of ether oxygens (including phenoxy) is 1. The molecular formula is C19H17NO3S2. The van der Waals surface area contributed by atoms with Crippen LogP contribution >= 0.6 is 22.7 Å². The molecule has 25 heavy (non-hydrogen) atoms. The second-order valence-electron chi connectivity index (χ2n) is 5.41. The van der Waals surface area contributed by atoms with Crippen molar-refractivity contribution in [2.24, 2.45) is 0 Å². The average Bonchev–Trinajstić information content (AvgIpc) is 3.31. The molecule has 2 heterocycles. The summed E-state index contributed by atoms with van der Waals surface area (Å²) in [6, 6.07) is 13.0. The predicted octanol–water partition coefficient (Wildman–Crippen LogP) is 3.91. The molecule has 0 radical (unpaired) electrons. The van der Waals surface area contributed by atoms with Crippen molar-refractivity contribution in [1.29, 1.82) is 0 Å². The zero-order chi connectivity index (χ0) is 17.6. The van der Waals surface area contributed by atoms with Gasteiger partial charge in [0.05, 0.1) is 25.0 Å². The number of hydrogen-bond donors (Lipinski definition) is 1. The van der Waals surface area contributed by atoms with Gasteiger partial charge < -0.3 is 10.1 Å². The van der Waals surface area contributed by atoms with Crippen LogP contribution in [0.3, 0.4) is 0 Å². The molecule has 0 aliphatic carbocycles. The highest BCUT2D eigenvalue weighted by Crippen LogP contribution is 2.21. The van der Waals surface area contributed by atoms with E-state index in [0.717, 1.165) is 16.2 Å². The van der Waals surface area contributed by atoms with E-state index in [0.29, 0.717) is 23.4 Å². The SMILES string of the molecule is COc1cccc(CC(=O)NCc2ccc(C(=O)c3ccsc3)s2)c1. The van der Waals surface area contributed by atoms with E-state index in [2.05, 4.69) is 5.32 Å². The van der Waals surface area contributed by atoms with Crippen LogP contribution in [0.2, 0.25) is 0 Å². The van der Waals surface area contributed by atoms with E-state index in [9.17, 15) is 9.59 Å². The highest BCUT2D eigenvalue weighted by atomic mass is 32.1. The van der Waals surface area contributed by atoms with Crippen LogP contribution in [0.5, 0.6) is 5.75 Å². The van der Waals surface area contributed by atoms with Crippen LogP contribution in [0.1, 0.15) is 25.7 Å².